The van der Waals surface area contributed by atoms with E-state index in [1.807, 2.05) is 7.05 Å². The average molecular weight is 279 g/mol. The van der Waals surface area contributed by atoms with Crippen LogP contribution < -0.4 is 5.32 Å². The Bertz CT molecular complexity index is 232. The maximum Gasteiger partial charge on any atom is 0.391 e. The van der Waals surface area contributed by atoms with Crippen LogP contribution in [0, 0.1) is 11.8 Å². The second-order valence-electron chi connectivity index (χ2n) is 5.90. The molecule has 0 aliphatic heterocycles. The van der Waals surface area contributed by atoms with Crippen LogP contribution in [0.15, 0.2) is 0 Å². The van der Waals surface area contributed by atoms with Gasteiger partial charge in [0.05, 0.1) is 5.92 Å². The quantitative estimate of drug-likeness (QED) is 0.653. The summed E-state index contributed by atoms with van der Waals surface area (Å²) in [7, 11) is 1.94. The summed E-state index contributed by atoms with van der Waals surface area (Å²) in [4.78, 5) is 0. The van der Waals surface area contributed by atoms with Crippen molar-refractivity contribution in [3.05, 3.63) is 0 Å². The molecule has 0 heterocycles. The Morgan fingerprint density at radius 1 is 1.05 bits per heavy atom. The number of hydrogen-bond acceptors (Lipinski definition) is 1. The summed E-state index contributed by atoms with van der Waals surface area (Å²) in [6, 6.07) is 0.408. The topological polar surface area (TPSA) is 12.0 Å². The lowest BCUT2D eigenvalue weighted by atomic mass is 9.77. The Morgan fingerprint density at radius 2 is 1.68 bits per heavy atom. The first-order chi connectivity index (χ1) is 8.99. The Labute approximate surface area is 115 Å². The summed E-state index contributed by atoms with van der Waals surface area (Å²) >= 11 is 0. The van der Waals surface area contributed by atoms with Gasteiger partial charge in [0.1, 0.15) is 0 Å². The van der Waals surface area contributed by atoms with Crippen molar-refractivity contribution in [3.63, 3.8) is 0 Å². The van der Waals surface area contributed by atoms with Crippen molar-refractivity contribution in [3.8, 4) is 0 Å². The minimum absolute atomic E-state index is 0.321. The first-order valence-electron chi connectivity index (χ1n) is 7.73. The van der Waals surface area contributed by atoms with Gasteiger partial charge < -0.3 is 5.32 Å². The summed E-state index contributed by atoms with van der Waals surface area (Å²) in [6.07, 6.45) is 4.14. The largest absolute Gasteiger partial charge is 0.391 e. The molecule has 0 amide bonds. The molecule has 1 N–H and O–H groups in total. The van der Waals surface area contributed by atoms with Crippen LogP contribution in [-0.4, -0.2) is 19.3 Å². The van der Waals surface area contributed by atoms with Gasteiger partial charge in [0.2, 0.25) is 0 Å². The van der Waals surface area contributed by atoms with E-state index < -0.39 is 12.1 Å². The third-order valence-corrected chi connectivity index (χ3v) is 4.54. The molecule has 0 saturated heterocycles. The van der Waals surface area contributed by atoms with Gasteiger partial charge in [-0.05, 0) is 45.1 Å². The highest BCUT2D eigenvalue weighted by molar-refractivity contribution is 4.83. The zero-order valence-corrected chi connectivity index (χ0v) is 12.2. The van der Waals surface area contributed by atoms with Crippen LogP contribution >= 0.6 is 0 Å². The Morgan fingerprint density at radius 3 is 2.16 bits per heavy atom. The number of halogens is 3. The maximum absolute atomic E-state index is 12.6. The van der Waals surface area contributed by atoms with E-state index in [0.717, 1.165) is 19.3 Å². The molecule has 0 spiro atoms. The van der Waals surface area contributed by atoms with Gasteiger partial charge in [0.25, 0.3) is 0 Å². The van der Waals surface area contributed by atoms with Crippen LogP contribution in [0.3, 0.4) is 0 Å². The van der Waals surface area contributed by atoms with Gasteiger partial charge in [-0.25, -0.2) is 0 Å². The van der Waals surface area contributed by atoms with Crippen molar-refractivity contribution < 1.29 is 13.2 Å². The molecule has 0 aromatic carbocycles. The number of alkyl halides is 3. The van der Waals surface area contributed by atoms with E-state index >= 15 is 0 Å². The normalized spacial score (nSPS) is 26.4. The predicted octanol–water partition coefficient (Wildman–Crippen LogP) is 4.91. The lowest BCUT2D eigenvalue weighted by Gasteiger charge is -2.34. The third kappa shape index (κ3) is 5.72. The fraction of sp³-hybridized carbons (Fsp3) is 1.00. The molecule has 19 heavy (non-hydrogen) atoms. The highest BCUT2D eigenvalue weighted by Crippen LogP contribution is 2.40. The van der Waals surface area contributed by atoms with E-state index in [0.29, 0.717) is 24.8 Å². The van der Waals surface area contributed by atoms with E-state index in [1.165, 1.54) is 25.7 Å². The summed E-state index contributed by atoms with van der Waals surface area (Å²) in [5.41, 5.74) is 0. The summed E-state index contributed by atoms with van der Waals surface area (Å²) in [5.74, 6) is -0.619. The average Bonchev–Trinajstić information content (AvgIpc) is 2.38. The molecule has 4 heteroatoms. The molecule has 1 rings (SSSR count). The van der Waals surface area contributed by atoms with Crippen LogP contribution in [0.1, 0.15) is 64.7 Å². The van der Waals surface area contributed by atoms with Crippen molar-refractivity contribution in [1.82, 2.24) is 5.32 Å². The second kappa shape index (κ2) is 8.13. The lowest BCUT2D eigenvalue weighted by molar-refractivity contribution is -0.184. The lowest BCUT2D eigenvalue weighted by Crippen LogP contribution is -2.38. The van der Waals surface area contributed by atoms with Crippen LogP contribution in [-0.2, 0) is 0 Å². The van der Waals surface area contributed by atoms with E-state index in [1.54, 1.807) is 0 Å². The summed E-state index contributed by atoms with van der Waals surface area (Å²) in [5, 5.41) is 3.32. The molecular weight excluding hydrogens is 251 g/mol. The smallest absolute Gasteiger partial charge is 0.317 e. The number of hydrogen-bond donors (Lipinski definition) is 1. The van der Waals surface area contributed by atoms with E-state index in [-0.39, 0.29) is 0 Å². The number of unbranched alkanes of at least 4 members (excludes halogenated alkanes) is 3. The van der Waals surface area contributed by atoms with Crippen molar-refractivity contribution in [2.45, 2.75) is 76.9 Å². The molecule has 0 bridgehead atoms. The first kappa shape index (κ1) is 16.8. The zero-order valence-electron chi connectivity index (χ0n) is 12.2. The highest BCUT2D eigenvalue weighted by atomic mass is 19.4. The molecule has 1 unspecified atom stereocenters. The van der Waals surface area contributed by atoms with E-state index in [4.69, 9.17) is 0 Å². The van der Waals surface area contributed by atoms with E-state index in [9.17, 15) is 13.2 Å². The Hall–Kier alpha value is -0.250. The fourth-order valence-corrected chi connectivity index (χ4v) is 3.26. The standard InChI is InChI=1S/C15H28F3N/c1-3-4-5-6-7-14(19-2)12-8-10-13(11-9-12)15(16,17)18/h12-14,19H,3-11H2,1-2H3. The van der Waals surface area contributed by atoms with Crippen LogP contribution in [0.4, 0.5) is 13.2 Å². The molecule has 114 valence electrons. The highest BCUT2D eigenvalue weighted by Gasteiger charge is 2.42. The molecule has 1 saturated carbocycles. The summed E-state index contributed by atoms with van der Waals surface area (Å²) < 4.78 is 37.9. The zero-order chi connectivity index (χ0) is 14.3. The van der Waals surface area contributed by atoms with Gasteiger partial charge >= 0.3 is 6.18 Å². The monoisotopic (exact) mass is 279 g/mol. The van der Waals surface area contributed by atoms with Crippen molar-refractivity contribution in [1.29, 1.82) is 0 Å². The molecule has 1 nitrogen and oxygen atoms in total. The molecule has 1 atom stereocenters. The Balaban J connectivity index is 2.31. The number of nitrogens with one attached hydrogen (secondary N) is 1. The summed E-state index contributed by atoms with van der Waals surface area (Å²) in [6.45, 7) is 2.19. The van der Waals surface area contributed by atoms with E-state index in [2.05, 4.69) is 12.2 Å². The van der Waals surface area contributed by atoms with Gasteiger partial charge in [0, 0.05) is 6.04 Å². The SMILES string of the molecule is CCCCCCC(NC)C1CCC(C(F)(F)F)CC1. The van der Waals surface area contributed by atoms with Gasteiger partial charge in [-0.15, -0.1) is 0 Å². The number of rotatable bonds is 7. The minimum atomic E-state index is -3.98. The molecule has 1 aliphatic carbocycles. The maximum atomic E-state index is 12.6. The minimum Gasteiger partial charge on any atom is -0.317 e. The molecular formula is C15H28F3N. The van der Waals surface area contributed by atoms with Gasteiger partial charge in [-0.2, -0.15) is 13.2 Å². The van der Waals surface area contributed by atoms with Crippen molar-refractivity contribution >= 4 is 0 Å². The molecule has 1 fully saturated rings. The van der Waals surface area contributed by atoms with Gasteiger partial charge in [0.15, 0.2) is 0 Å². The third-order valence-electron chi connectivity index (χ3n) is 4.54. The van der Waals surface area contributed by atoms with Crippen LogP contribution in [0.5, 0.6) is 0 Å². The molecule has 1 aliphatic rings. The molecule has 0 radical (unpaired) electrons. The van der Waals surface area contributed by atoms with Crippen LogP contribution in [0.25, 0.3) is 0 Å². The first-order valence-corrected chi connectivity index (χ1v) is 7.73. The van der Waals surface area contributed by atoms with Crippen LogP contribution in [0.2, 0.25) is 0 Å². The van der Waals surface area contributed by atoms with Crippen molar-refractivity contribution in [2.75, 3.05) is 7.05 Å². The Kier molecular flexibility index (Phi) is 7.19. The van der Waals surface area contributed by atoms with Gasteiger partial charge in [-0.3, -0.25) is 0 Å². The predicted molar refractivity (Wildman–Crippen MR) is 73.1 cm³/mol. The molecule has 0 aromatic heterocycles. The van der Waals surface area contributed by atoms with Gasteiger partial charge in [-0.1, -0.05) is 32.6 Å². The fourth-order valence-electron chi connectivity index (χ4n) is 3.26. The molecule has 0 aromatic rings. The van der Waals surface area contributed by atoms with Crippen molar-refractivity contribution in [2.24, 2.45) is 11.8 Å². The second-order valence-corrected chi connectivity index (χ2v) is 5.90.